The van der Waals surface area contributed by atoms with Crippen molar-refractivity contribution in [2.45, 2.75) is 69.6 Å². The summed E-state index contributed by atoms with van der Waals surface area (Å²) in [5, 5.41) is 36.7. The zero-order valence-corrected chi connectivity index (χ0v) is 35.8. The maximum atomic E-state index is 10.8. The topological polar surface area (TPSA) is 154 Å². The summed E-state index contributed by atoms with van der Waals surface area (Å²) in [7, 11) is 6.08. The number of nitrogens with one attached hydrogen (secondary N) is 1. The number of nitro benzene ring substituents is 3. The Morgan fingerprint density at radius 3 is 1.61 bits per heavy atom. The second-order valence-corrected chi connectivity index (χ2v) is 16.5. The number of anilines is 3. The summed E-state index contributed by atoms with van der Waals surface area (Å²) in [4.78, 5) is 39.7. The van der Waals surface area contributed by atoms with Gasteiger partial charge < -0.3 is 20.0 Å². The molecule has 0 radical (unpaired) electrons. The molecule has 1 saturated carbocycles. The van der Waals surface area contributed by atoms with E-state index < -0.39 is 14.8 Å². The molecular weight excluding hydrogens is 819 g/mol. The Morgan fingerprint density at radius 1 is 0.644 bits per heavy atom. The molecule has 0 spiro atoms. The molecule has 3 fully saturated rings. The van der Waals surface area contributed by atoms with Crippen molar-refractivity contribution < 1.29 is 14.8 Å². The first-order chi connectivity index (χ1) is 28.2. The fourth-order valence-corrected chi connectivity index (χ4v) is 8.57. The molecule has 2 aliphatic heterocycles. The van der Waals surface area contributed by atoms with Gasteiger partial charge in [-0.3, -0.25) is 35.2 Å². The van der Waals surface area contributed by atoms with E-state index in [1.54, 1.807) is 18.2 Å². The van der Waals surface area contributed by atoms with Crippen LogP contribution in [0, 0.1) is 30.3 Å². The SMILES string of the molecule is CN(c1ccc([N+](=O)[O-])cc1Cl)C1CCN(Cc2ccccc2)C1.CN1CCC(N(C)c2ccc([N+](=O)[O-])cc2Cl)C1.O=[N+]([O-])c1ccc(NC2CCCCC2)c(Cl)c1. The van der Waals surface area contributed by atoms with Crippen molar-refractivity contribution in [2.24, 2.45) is 0 Å². The highest BCUT2D eigenvalue weighted by Gasteiger charge is 2.28. The fraction of sp³-hybridized carbons (Fsp3) is 0.429. The third-order valence-corrected chi connectivity index (χ3v) is 12.0. The van der Waals surface area contributed by atoms with Gasteiger partial charge in [0.25, 0.3) is 17.1 Å². The van der Waals surface area contributed by atoms with Crippen LogP contribution in [-0.4, -0.2) is 90.0 Å². The standard InChI is InChI=1S/C18H20ClN3O2.C12H16ClN3O2.C12H15ClN2O2/c1-20(18-8-7-15(22(23)24)11-17(18)19)16-9-10-21(13-16)12-14-5-3-2-4-6-14;1-14-6-5-10(8-14)15(2)12-4-3-9(16(17)18)7-11(12)13;13-11-8-10(15(16)17)6-7-12(11)14-9-4-2-1-3-5-9/h2-8,11,16H,9-10,12-13H2,1H3;3-4,7,10H,5-6,8H2,1-2H3;6-9,14H,1-5H2. The predicted molar refractivity (Wildman–Crippen MR) is 238 cm³/mol. The number of halogens is 3. The highest BCUT2D eigenvalue weighted by atomic mass is 35.5. The summed E-state index contributed by atoms with van der Waals surface area (Å²) < 4.78 is 0. The number of non-ortho nitro benzene ring substituents is 3. The second-order valence-electron chi connectivity index (χ2n) is 15.3. The number of nitrogens with zero attached hydrogens (tertiary/aromatic N) is 7. The lowest BCUT2D eigenvalue weighted by atomic mass is 9.95. The predicted octanol–water partition coefficient (Wildman–Crippen LogP) is 10.3. The van der Waals surface area contributed by atoms with Crippen molar-refractivity contribution in [1.29, 1.82) is 0 Å². The highest BCUT2D eigenvalue weighted by molar-refractivity contribution is 6.34. The molecule has 0 aromatic heterocycles. The van der Waals surface area contributed by atoms with Crippen LogP contribution in [0.1, 0.15) is 50.5 Å². The lowest BCUT2D eigenvalue weighted by Crippen LogP contribution is -2.34. The van der Waals surface area contributed by atoms with Crippen LogP contribution in [0.15, 0.2) is 84.9 Å². The molecule has 4 aromatic rings. The van der Waals surface area contributed by atoms with Gasteiger partial charge in [-0.1, -0.05) is 84.4 Å². The lowest BCUT2D eigenvalue weighted by molar-refractivity contribution is -0.385. The Balaban J connectivity index is 0.000000172. The monoisotopic (exact) mass is 868 g/mol. The van der Waals surface area contributed by atoms with E-state index in [0.717, 1.165) is 75.5 Å². The van der Waals surface area contributed by atoms with Crippen LogP contribution in [0.4, 0.5) is 34.1 Å². The van der Waals surface area contributed by atoms with Crippen LogP contribution >= 0.6 is 34.8 Å². The van der Waals surface area contributed by atoms with Gasteiger partial charge in [-0.25, -0.2) is 0 Å². The minimum Gasteiger partial charge on any atom is -0.381 e. The molecule has 316 valence electrons. The first-order valence-corrected chi connectivity index (χ1v) is 20.8. The van der Waals surface area contributed by atoms with Crippen molar-refractivity contribution in [1.82, 2.24) is 9.80 Å². The Kier molecular flexibility index (Phi) is 16.5. The van der Waals surface area contributed by atoms with E-state index in [4.69, 9.17) is 34.8 Å². The number of benzene rings is 4. The van der Waals surface area contributed by atoms with Crippen LogP contribution in [-0.2, 0) is 6.54 Å². The van der Waals surface area contributed by atoms with Gasteiger partial charge in [-0.2, -0.15) is 0 Å². The molecule has 1 N–H and O–H groups in total. The van der Waals surface area contributed by atoms with E-state index in [1.807, 2.05) is 20.2 Å². The van der Waals surface area contributed by atoms with Crippen LogP contribution in [0.2, 0.25) is 15.1 Å². The summed E-state index contributed by atoms with van der Waals surface area (Å²) in [5.74, 6) is 0. The van der Waals surface area contributed by atoms with Crippen LogP contribution in [0.5, 0.6) is 0 Å². The molecule has 2 saturated heterocycles. The molecule has 3 aliphatic rings. The van der Waals surface area contributed by atoms with Gasteiger partial charge in [0.05, 0.1) is 46.9 Å². The molecule has 17 heteroatoms. The molecule has 59 heavy (non-hydrogen) atoms. The number of rotatable bonds is 11. The zero-order chi connectivity index (χ0) is 42.6. The van der Waals surface area contributed by atoms with Gasteiger partial charge in [0.15, 0.2) is 0 Å². The van der Waals surface area contributed by atoms with E-state index in [9.17, 15) is 30.3 Å². The van der Waals surface area contributed by atoms with E-state index in [0.29, 0.717) is 33.2 Å². The Bertz CT molecular complexity index is 2060. The average Bonchev–Trinajstić information content (AvgIpc) is 3.88. The van der Waals surface area contributed by atoms with E-state index >= 15 is 0 Å². The van der Waals surface area contributed by atoms with E-state index in [2.05, 4.69) is 56.2 Å². The summed E-state index contributed by atoms with van der Waals surface area (Å²) in [6.07, 6.45) is 8.20. The molecule has 2 unspecified atom stereocenters. The number of nitro groups is 3. The summed E-state index contributed by atoms with van der Waals surface area (Å²) in [6.45, 7) is 5.00. The van der Waals surface area contributed by atoms with Crippen LogP contribution in [0.25, 0.3) is 0 Å². The third kappa shape index (κ3) is 12.9. The van der Waals surface area contributed by atoms with Crippen molar-refractivity contribution in [3.63, 3.8) is 0 Å². The number of hydrogen-bond acceptors (Lipinski definition) is 11. The van der Waals surface area contributed by atoms with Gasteiger partial charge in [0.1, 0.15) is 0 Å². The smallest absolute Gasteiger partial charge is 0.271 e. The third-order valence-electron chi connectivity index (χ3n) is 11.1. The number of likely N-dealkylation sites (tertiary alicyclic amines) is 2. The van der Waals surface area contributed by atoms with Crippen LogP contribution in [0.3, 0.4) is 0 Å². The van der Waals surface area contributed by atoms with Crippen molar-refractivity contribution in [3.8, 4) is 0 Å². The van der Waals surface area contributed by atoms with Crippen molar-refractivity contribution in [2.75, 3.05) is 62.4 Å². The summed E-state index contributed by atoms with van der Waals surface area (Å²) >= 11 is 18.4. The molecule has 1 aliphatic carbocycles. The van der Waals surface area contributed by atoms with Gasteiger partial charge in [0.2, 0.25) is 0 Å². The van der Waals surface area contributed by atoms with Gasteiger partial charge in [-0.05, 0) is 63.0 Å². The molecule has 0 amide bonds. The zero-order valence-electron chi connectivity index (χ0n) is 33.5. The minimum absolute atomic E-state index is 0.0225. The maximum absolute atomic E-state index is 10.8. The van der Waals surface area contributed by atoms with Crippen molar-refractivity contribution >= 4 is 68.9 Å². The average molecular weight is 870 g/mol. The fourth-order valence-electron chi connectivity index (χ4n) is 7.73. The van der Waals surface area contributed by atoms with E-state index in [1.165, 1.54) is 61.2 Å². The second kappa shape index (κ2) is 21.5. The molecule has 14 nitrogen and oxygen atoms in total. The largest absolute Gasteiger partial charge is 0.381 e. The van der Waals surface area contributed by atoms with Gasteiger partial charge in [-0.15, -0.1) is 0 Å². The Hall–Kier alpha value is -4.73. The minimum atomic E-state index is -0.434. The first-order valence-electron chi connectivity index (χ1n) is 19.7. The maximum Gasteiger partial charge on any atom is 0.271 e. The van der Waals surface area contributed by atoms with E-state index in [-0.39, 0.29) is 17.1 Å². The summed E-state index contributed by atoms with van der Waals surface area (Å²) in [5.41, 5.74) is 3.88. The Morgan fingerprint density at radius 2 is 1.14 bits per heavy atom. The van der Waals surface area contributed by atoms with Crippen LogP contribution < -0.4 is 15.1 Å². The van der Waals surface area contributed by atoms with Gasteiger partial charge in [0, 0.05) is 94.8 Å². The summed E-state index contributed by atoms with van der Waals surface area (Å²) in [6, 6.07) is 25.5. The van der Waals surface area contributed by atoms with Crippen molar-refractivity contribution in [3.05, 3.63) is 136 Å². The number of hydrogen-bond donors (Lipinski definition) is 1. The van der Waals surface area contributed by atoms with Gasteiger partial charge >= 0.3 is 0 Å². The highest BCUT2D eigenvalue weighted by Crippen LogP contribution is 2.34. The molecule has 2 heterocycles. The number of likely N-dealkylation sites (N-methyl/N-ethyl adjacent to an activating group) is 3. The normalized spacial score (nSPS) is 18.2. The quantitative estimate of drug-likeness (QED) is 0.113. The molecule has 0 bridgehead atoms. The first kappa shape index (κ1) is 45.4. The lowest BCUT2D eigenvalue weighted by Gasteiger charge is -2.27. The Labute approximate surface area is 360 Å². The molecule has 2 atom stereocenters. The molecule has 7 rings (SSSR count). The molecule has 4 aromatic carbocycles. The molecular formula is C42H51Cl3N8O6.